The first-order valence-corrected chi connectivity index (χ1v) is 6.77. The SMILES string of the molecule is CCN1CC(NC(=O)NCC2=CCCOC2)CC1=O. The third-order valence-corrected chi connectivity index (χ3v) is 3.39. The summed E-state index contributed by atoms with van der Waals surface area (Å²) in [5, 5.41) is 5.63. The van der Waals surface area contributed by atoms with Crippen LogP contribution in [0.25, 0.3) is 0 Å². The molecule has 106 valence electrons. The lowest BCUT2D eigenvalue weighted by Gasteiger charge is -2.17. The predicted molar refractivity (Wildman–Crippen MR) is 70.7 cm³/mol. The predicted octanol–water partition coefficient (Wildman–Crippen LogP) is 0.253. The summed E-state index contributed by atoms with van der Waals surface area (Å²) in [6, 6.07) is -0.300. The van der Waals surface area contributed by atoms with Crippen molar-refractivity contribution in [1.82, 2.24) is 15.5 Å². The van der Waals surface area contributed by atoms with Gasteiger partial charge in [-0.15, -0.1) is 0 Å². The average Bonchev–Trinajstić information content (AvgIpc) is 2.77. The Morgan fingerprint density at radius 2 is 2.42 bits per heavy atom. The van der Waals surface area contributed by atoms with Crippen molar-refractivity contribution in [3.63, 3.8) is 0 Å². The van der Waals surface area contributed by atoms with Crippen molar-refractivity contribution in [1.29, 1.82) is 0 Å². The minimum Gasteiger partial charge on any atom is -0.377 e. The highest BCUT2D eigenvalue weighted by molar-refractivity contribution is 5.81. The van der Waals surface area contributed by atoms with Crippen molar-refractivity contribution in [2.75, 3.05) is 32.8 Å². The van der Waals surface area contributed by atoms with Gasteiger partial charge < -0.3 is 20.3 Å². The van der Waals surface area contributed by atoms with Crippen LogP contribution >= 0.6 is 0 Å². The number of likely N-dealkylation sites (N-methyl/N-ethyl adjacent to an activating group) is 1. The van der Waals surface area contributed by atoms with Crippen molar-refractivity contribution < 1.29 is 14.3 Å². The van der Waals surface area contributed by atoms with Crippen LogP contribution in [0.1, 0.15) is 19.8 Å². The second kappa shape index (κ2) is 6.56. The first-order valence-electron chi connectivity index (χ1n) is 6.77. The zero-order valence-corrected chi connectivity index (χ0v) is 11.3. The third kappa shape index (κ3) is 3.96. The van der Waals surface area contributed by atoms with E-state index >= 15 is 0 Å². The molecule has 1 unspecified atom stereocenters. The number of carbonyl (C=O) groups excluding carboxylic acids is 2. The number of amides is 3. The smallest absolute Gasteiger partial charge is 0.315 e. The van der Waals surface area contributed by atoms with Gasteiger partial charge in [0, 0.05) is 26.1 Å². The van der Waals surface area contributed by atoms with Crippen LogP contribution in [0.15, 0.2) is 11.6 Å². The van der Waals surface area contributed by atoms with Gasteiger partial charge in [0.2, 0.25) is 5.91 Å². The molecule has 0 aromatic carbocycles. The van der Waals surface area contributed by atoms with E-state index in [1.165, 1.54) is 0 Å². The van der Waals surface area contributed by atoms with E-state index in [1.807, 2.05) is 6.92 Å². The van der Waals surface area contributed by atoms with Crippen LogP contribution < -0.4 is 10.6 Å². The van der Waals surface area contributed by atoms with E-state index in [0.717, 1.165) is 18.6 Å². The Labute approximate surface area is 113 Å². The van der Waals surface area contributed by atoms with E-state index in [9.17, 15) is 9.59 Å². The number of likely N-dealkylation sites (tertiary alicyclic amines) is 1. The topological polar surface area (TPSA) is 70.7 Å². The number of hydrogen-bond acceptors (Lipinski definition) is 3. The first kappa shape index (κ1) is 13.9. The molecule has 6 heteroatoms. The third-order valence-electron chi connectivity index (χ3n) is 3.39. The Hall–Kier alpha value is -1.56. The van der Waals surface area contributed by atoms with Crippen LogP contribution in [-0.2, 0) is 9.53 Å². The van der Waals surface area contributed by atoms with Gasteiger partial charge in [0.05, 0.1) is 19.3 Å². The molecule has 1 atom stereocenters. The maximum absolute atomic E-state index is 11.7. The molecule has 0 saturated carbocycles. The zero-order valence-electron chi connectivity index (χ0n) is 11.3. The molecule has 1 saturated heterocycles. The Morgan fingerprint density at radius 3 is 3.05 bits per heavy atom. The molecule has 2 rings (SSSR count). The van der Waals surface area contributed by atoms with Crippen LogP contribution in [-0.4, -0.2) is 55.7 Å². The van der Waals surface area contributed by atoms with Gasteiger partial charge in [-0.3, -0.25) is 4.79 Å². The molecule has 2 aliphatic rings. The lowest BCUT2D eigenvalue weighted by atomic mass is 10.2. The number of nitrogens with one attached hydrogen (secondary N) is 2. The van der Waals surface area contributed by atoms with E-state index in [1.54, 1.807) is 4.90 Å². The Kier molecular flexibility index (Phi) is 4.79. The zero-order chi connectivity index (χ0) is 13.7. The molecule has 2 heterocycles. The lowest BCUT2D eigenvalue weighted by Crippen LogP contribution is -2.44. The van der Waals surface area contributed by atoms with Gasteiger partial charge in [0.1, 0.15) is 0 Å². The normalized spacial score (nSPS) is 23.2. The van der Waals surface area contributed by atoms with Gasteiger partial charge >= 0.3 is 6.03 Å². The van der Waals surface area contributed by atoms with Gasteiger partial charge in [-0.1, -0.05) is 6.08 Å². The maximum atomic E-state index is 11.7. The number of hydrogen-bond donors (Lipinski definition) is 2. The summed E-state index contributed by atoms with van der Waals surface area (Å²) in [7, 11) is 0. The molecule has 2 aliphatic heterocycles. The van der Waals surface area contributed by atoms with E-state index in [4.69, 9.17) is 4.74 Å². The van der Waals surface area contributed by atoms with Crippen LogP contribution in [0.3, 0.4) is 0 Å². The molecule has 0 aromatic rings. The van der Waals surface area contributed by atoms with Crippen molar-refractivity contribution in [2.24, 2.45) is 0 Å². The van der Waals surface area contributed by atoms with Crippen molar-refractivity contribution in [3.05, 3.63) is 11.6 Å². The monoisotopic (exact) mass is 267 g/mol. The summed E-state index contributed by atoms with van der Waals surface area (Å²) in [5.74, 6) is 0.108. The average molecular weight is 267 g/mol. The van der Waals surface area contributed by atoms with Crippen LogP contribution in [0, 0.1) is 0 Å². The van der Waals surface area contributed by atoms with Gasteiger partial charge in [-0.25, -0.2) is 4.79 Å². The number of ether oxygens (including phenoxy) is 1. The largest absolute Gasteiger partial charge is 0.377 e. The molecule has 1 fully saturated rings. The Bertz CT molecular complexity index is 381. The maximum Gasteiger partial charge on any atom is 0.315 e. The highest BCUT2D eigenvalue weighted by Gasteiger charge is 2.29. The van der Waals surface area contributed by atoms with E-state index in [0.29, 0.717) is 32.7 Å². The molecule has 2 N–H and O–H groups in total. The van der Waals surface area contributed by atoms with Crippen LogP contribution in [0.5, 0.6) is 0 Å². The van der Waals surface area contributed by atoms with Gasteiger partial charge in [-0.2, -0.15) is 0 Å². The molecule has 0 aliphatic carbocycles. The molecule has 3 amide bonds. The van der Waals surface area contributed by atoms with Crippen LogP contribution in [0.2, 0.25) is 0 Å². The van der Waals surface area contributed by atoms with Crippen LogP contribution in [0.4, 0.5) is 4.79 Å². The van der Waals surface area contributed by atoms with Crippen molar-refractivity contribution >= 4 is 11.9 Å². The molecular formula is C13H21N3O3. The summed E-state index contributed by atoms with van der Waals surface area (Å²) < 4.78 is 5.30. The van der Waals surface area contributed by atoms with Gasteiger partial charge in [0.15, 0.2) is 0 Å². The summed E-state index contributed by atoms with van der Waals surface area (Å²) in [6.07, 6.45) is 3.40. The second-order valence-electron chi connectivity index (χ2n) is 4.86. The minimum absolute atomic E-state index is 0.0796. The van der Waals surface area contributed by atoms with Crippen molar-refractivity contribution in [3.8, 4) is 0 Å². The quantitative estimate of drug-likeness (QED) is 0.717. The number of rotatable bonds is 4. The number of urea groups is 1. The summed E-state index contributed by atoms with van der Waals surface area (Å²) >= 11 is 0. The van der Waals surface area contributed by atoms with Crippen molar-refractivity contribution in [2.45, 2.75) is 25.8 Å². The van der Waals surface area contributed by atoms with E-state index < -0.39 is 0 Å². The Balaban J connectivity index is 1.70. The summed E-state index contributed by atoms with van der Waals surface area (Å²) in [4.78, 5) is 25.0. The highest BCUT2D eigenvalue weighted by Crippen LogP contribution is 2.10. The second-order valence-corrected chi connectivity index (χ2v) is 4.86. The summed E-state index contributed by atoms with van der Waals surface area (Å²) in [5.41, 5.74) is 1.10. The standard InChI is InChI=1S/C13H21N3O3/c1-2-16-8-11(6-12(16)17)15-13(18)14-7-10-4-3-5-19-9-10/h4,11H,2-3,5-9H2,1H3,(H2,14,15,18). The lowest BCUT2D eigenvalue weighted by molar-refractivity contribution is -0.127. The summed E-state index contributed by atoms with van der Waals surface area (Å²) in [6.45, 7) is 5.09. The highest BCUT2D eigenvalue weighted by atomic mass is 16.5. The van der Waals surface area contributed by atoms with Gasteiger partial charge in [-0.05, 0) is 18.9 Å². The molecular weight excluding hydrogens is 246 g/mol. The number of nitrogens with zero attached hydrogens (tertiary/aromatic N) is 1. The van der Waals surface area contributed by atoms with E-state index in [2.05, 4.69) is 16.7 Å². The molecule has 0 spiro atoms. The fraction of sp³-hybridized carbons (Fsp3) is 0.692. The van der Waals surface area contributed by atoms with E-state index in [-0.39, 0.29) is 18.0 Å². The minimum atomic E-state index is -0.220. The molecule has 0 bridgehead atoms. The number of carbonyl (C=O) groups is 2. The first-order chi connectivity index (χ1) is 9.19. The molecule has 6 nitrogen and oxygen atoms in total. The molecule has 0 aromatic heterocycles. The molecule has 0 radical (unpaired) electrons. The fourth-order valence-corrected chi connectivity index (χ4v) is 2.34. The molecule has 19 heavy (non-hydrogen) atoms. The fourth-order valence-electron chi connectivity index (χ4n) is 2.34. The Morgan fingerprint density at radius 1 is 1.58 bits per heavy atom. The van der Waals surface area contributed by atoms with Gasteiger partial charge in [0.25, 0.3) is 0 Å².